The number of hydrogen-bond donors (Lipinski definition) is 3. The molecule has 0 aliphatic carbocycles. The lowest BCUT2D eigenvalue weighted by Gasteiger charge is -2.11. The molecule has 0 spiro atoms. The van der Waals surface area contributed by atoms with Crippen LogP contribution >= 0.6 is 0 Å². The Morgan fingerprint density at radius 2 is 1.68 bits per heavy atom. The lowest BCUT2D eigenvalue weighted by atomic mass is 10.1. The van der Waals surface area contributed by atoms with E-state index in [9.17, 15) is 13.2 Å². The summed E-state index contributed by atoms with van der Waals surface area (Å²) in [7, 11) is -3.62. The first kappa shape index (κ1) is 17.4. The maximum absolute atomic E-state index is 12.4. The summed E-state index contributed by atoms with van der Waals surface area (Å²) in [6.45, 7) is 3.45. The van der Waals surface area contributed by atoms with Crippen molar-refractivity contribution in [1.82, 2.24) is 5.32 Å². The third-order valence-electron chi connectivity index (χ3n) is 4.17. The van der Waals surface area contributed by atoms with Crippen LogP contribution in [-0.2, 0) is 14.8 Å². The molecular formula is C18H21N3O3S. The molecule has 1 unspecified atom stereocenters. The molecule has 1 fully saturated rings. The molecule has 0 aromatic heterocycles. The molecule has 3 N–H and O–H groups in total. The fourth-order valence-electron chi connectivity index (χ4n) is 2.68. The molecule has 0 saturated carbocycles. The smallest absolute Gasteiger partial charge is 0.261 e. The van der Waals surface area contributed by atoms with Crippen LogP contribution in [0.1, 0.15) is 12.0 Å². The van der Waals surface area contributed by atoms with Gasteiger partial charge in [-0.1, -0.05) is 17.7 Å². The second-order valence-electron chi connectivity index (χ2n) is 6.17. The number of rotatable bonds is 5. The molecule has 25 heavy (non-hydrogen) atoms. The zero-order chi connectivity index (χ0) is 17.9. The third-order valence-corrected chi connectivity index (χ3v) is 5.56. The number of hydrogen-bond acceptors (Lipinski definition) is 4. The zero-order valence-electron chi connectivity index (χ0n) is 14.0. The van der Waals surface area contributed by atoms with Gasteiger partial charge in [0.15, 0.2) is 0 Å². The van der Waals surface area contributed by atoms with E-state index in [0.717, 1.165) is 18.5 Å². The van der Waals surface area contributed by atoms with Gasteiger partial charge in [0.25, 0.3) is 10.0 Å². The van der Waals surface area contributed by atoms with Gasteiger partial charge in [-0.2, -0.15) is 0 Å². The molecule has 3 rings (SSSR count). The number of sulfonamides is 1. The Labute approximate surface area is 147 Å². The molecule has 1 atom stereocenters. The second kappa shape index (κ2) is 7.25. The number of aryl methyl sites for hydroxylation is 1. The van der Waals surface area contributed by atoms with E-state index in [1.165, 1.54) is 0 Å². The molecule has 7 heteroatoms. The standard InChI is InChI=1S/C18H21N3O3S/c1-13-2-8-17(9-3-13)25(23,24)21-16-6-4-15(5-7-16)20-18(22)14-10-11-19-12-14/h2-9,14,19,21H,10-12H2,1H3,(H,20,22). The molecule has 132 valence electrons. The van der Waals surface area contributed by atoms with E-state index in [2.05, 4.69) is 15.4 Å². The van der Waals surface area contributed by atoms with Gasteiger partial charge >= 0.3 is 0 Å². The molecule has 1 saturated heterocycles. The lowest BCUT2D eigenvalue weighted by Crippen LogP contribution is -2.24. The molecule has 6 nitrogen and oxygen atoms in total. The Bertz CT molecular complexity index is 840. The first-order valence-corrected chi connectivity index (χ1v) is 9.63. The van der Waals surface area contributed by atoms with E-state index >= 15 is 0 Å². The fraction of sp³-hybridized carbons (Fsp3) is 0.278. The molecule has 2 aromatic carbocycles. The minimum absolute atomic E-state index is 0.0142. The summed E-state index contributed by atoms with van der Waals surface area (Å²) < 4.78 is 27.3. The summed E-state index contributed by atoms with van der Waals surface area (Å²) in [5, 5.41) is 6.01. The van der Waals surface area contributed by atoms with E-state index in [1.807, 2.05) is 6.92 Å². The van der Waals surface area contributed by atoms with Gasteiger partial charge in [0.2, 0.25) is 5.91 Å². The van der Waals surface area contributed by atoms with E-state index in [1.54, 1.807) is 48.5 Å². The van der Waals surface area contributed by atoms with Gasteiger partial charge in [-0.05, 0) is 56.3 Å². The minimum Gasteiger partial charge on any atom is -0.326 e. The van der Waals surface area contributed by atoms with Crippen LogP contribution in [0.4, 0.5) is 11.4 Å². The maximum atomic E-state index is 12.4. The average molecular weight is 359 g/mol. The summed E-state index contributed by atoms with van der Waals surface area (Å²) in [5.41, 5.74) is 2.09. The van der Waals surface area contributed by atoms with Crippen molar-refractivity contribution in [3.8, 4) is 0 Å². The number of amides is 1. The highest BCUT2D eigenvalue weighted by molar-refractivity contribution is 7.92. The number of benzene rings is 2. The highest BCUT2D eigenvalue weighted by atomic mass is 32.2. The SMILES string of the molecule is Cc1ccc(S(=O)(=O)Nc2ccc(NC(=O)C3CCNC3)cc2)cc1. The highest BCUT2D eigenvalue weighted by Gasteiger charge is 2.22. The molecule has 2 aromatic rings. The van der Waals surface area contributed by atoms with E-state index < -0.39 is 10.0 Å². The van der Waals surface area contributed by atoms with Crippen molar-refractivity contribution >= 4 is 27.3 Å². The van der Waals surface area contributed by atoms with E-state index in [4.69, 9.17) is 0 Å². The van der Waals surface area contributed by atoms with Crippen molar-refractivity contribution in [2.75, 3.05) is 23.1 Å². The van der Waals surface area contributed by atoms with Crippen molar-refractivity contribution in [2.45, 2.75) is 18.2 Å². The van der Waals surface area contributed by atoms with Gasteiger partial charge in [0.1, 0.15) is 0 Å². The van der Waals surface area contributed by atoms with Crippen LogP contribution in [0.2, 0.25) is 0 Å². The van der Waals surface area contributed by atoms with Gasteiger partial charge in [-0.25, -0.2) is 8.42 Å². The molecular weight excluding hydrogens is 338 g/mol. The van der Waals surface area contributed by atoms with Gasteiger partial charge < -0.3 is 10.6 Å². The summed E-state index contributed by atoms with van der Waals surface area (Å²) in [6, 6.07) is 13.3. The number of anilines is 2. The van der Waals surface area contributed by atoms with Crippen molar-refractivity contribution in [1.29, 1.82) is 0 Å². The normalized spacial score (nSPS) is 17.2. The number of nitrogens with one attached hydrogen (secondary N) is 3. The number of carbonyl (C=O) groups is 1. The Morgan fingerprint density at radius 1 is 1.04 bits per heavy atom. The van der Waals surface area contributed by atoms with Crippen molar-refractivity contribution in [3.05, 3.63) is 54.1 Å². The number of carbonyl (C=O) groups excluding carboxylic acids is 1. The van der Waals surface area contributed by atoms with E-state index in [-0.39, 0.29) is 16.7 Å². The second-order valence-corrected chi connectivity index (χ2v) is 7.86. The van der Waals surface area contributed by atoms with Crippen LogP contribution in [0.5, 0.6) is 0 Å². The Morgan fingerprint density at radius 3 is 2.28 bits per heavy atom. The topological polar surface area (TPSA) is 87.3 Å². The van der Waals surface area contributed by atoms with Gasteiger partial charge in [0.05, 0.1) is 10.8 Å². The first-order chi connectivity index (χ1) is 11.9. The predicted molar refractivity (Wildman–Crippen MR) is 98.0 cm³/mol. The fourth-order valence-corrected chi connectivity index (χ4v) is 3.73. The Hall–Kier alpha value is -2.38. The summed E-state index contributed by atoms with van der Waals surface area (Å²) in [6.07, 6.45) is 0.834. The van der Waals surface area contributed by atoms with Crippen LogP contribution in [-0.4, -0.2) is 27.4 Å². The molecule has 1 aliphatic heterocycles. The van der Waals surface area contributed by atoms with Gasteiger partial charge in [-0.3, -0.25) is 9.52 Å². The first-order valence-electron chi connectivity index (χ1n) is 8.15. The monoisotopic (exact) mass is 359 g/mol. The van der Waals surface area contributed by atoms with Crippen LogP contribution in [0, 0.1) is 12.8 Å². The van der Waals surface area contributed by atoms with E-state index in [0.29, 0.717) is 17.9 Å². The Balaban J connectivity index is 1.65. The molecule has 0 bridgehead atoms. The summed E-state index contributed by atoms with van der Waals surface area (Å²) in [5.74, 6) is -0.0299. The minimum atomic E-state index is -3.62. The quantitative estimate of drug-likeness (QED) is 0.765. The van der Waals surface area contributed by atoms with Crippen LogP contribution in [0.15, 0.2) is 53.4 Å². The van der Waals surface area contributed by atoms with Crippen molar-refractivity contribution in [2.24, 2.45) is 5.92 Å². The zero-order valence-corrected chi connectivity index (χ0v) is 14.8. The Kier molecular flexibility index (Phi) is 5.06. The van der Waals surface area contributed by atoms with Crippen LogP contribution in [0.3, 0.4) is 0 Å². The predicted octanol–water partition coefficient (Wildman–Crippen LogP) is 2.34. The van der Waals surface area contributed by atoms with Crippen LogP contribution < -0.4 is 15.4 Å². The molecule has 1 aliphatic rings. The van der Waals surface area contributed by atoms with Crippen molar-refractivity contribution < 1.29 is 13.2 Å². The summed E-state index contributed by atoms with van der Waals surface area (Å²) in [4.78, 5) is 12.3. The largest absolute Gasteiger partial charge is 0.326 e. The highest BCUT2D eigenvalue weighted by Crippen LogP contribution is 2.20. The van der Waals surface area contributed by atoms with Gasteiger partial charge in [-0.15, -0.1) is 0 Å². The third kappa shape index (κ3) is 4.37. The van der Waals surface area contributed by atoms with Crippen molar-refractivity contribution in [3.63, 3.8) is 0 Å². The molecule has 1 heterocycles. The van der Waals surface area contributed by atoms with Gasteiger partial charge in [0, 0.05) is 17.9 Å². The molecule has 0 radical (unpaired) electrons. The summed E-state index contributed by atoms with van der Waals surface area (Å²) >= 11 is 0. The average Bonchev–Trinajstić information content (AvgIpc) is 3.11. The van der Waals surface area contributed by atoms with Crippen LogP contribution in [0.25, 0.3) is 0 Å². The maximum Gasteiger partial charge on any atom is 0.261 e. The lowest BCUT2D eigenvalue weighted by molar-refractivity contribution is -0.119. The molecule has 1 amide bonds.